The molecule has 0 atom stereocenters. The van der Waals surface area contributed by atoms with Crippen molar-refractivity contribution in [2.45, 2.75) is 6.92 Å². The molecule has 224 valence electrons. The van der Waals surface area contributed by atoms with Crippen LogP contribution < -0.4 is 0 Å². The van der Waals surface area contributed by atoms with Gasteiger partial charge in [-0.25, -0.2) is 15.0 Å². The maximum absolute atomic E-state index is 5.08. The molecule has 4 nitrogen and oxygen atoms in total. The number of para-hydroxylation sites is 2. The SMILES string of the molecule is C=C/C(=C\C=C/C)c1ccc(-c2nc(-c3cccc(-n4c5ccccc5c5ccccc54)c3)nc(-c3cc4ccccc4s3)n2)cc1. The summed E-state index contributed by atoms with van der Waals surface area (Å²) in [5.74, 6) is 1.93. The molecule has 8 aromatic rings. The first-order valence-electron chi connectivity index (χ1n) is 15.6. The molecule has 0 saturated heterocycles. The Balaban J connectivity index is 1.29. The zero-order chi connectivity index (χ0) is 31.7. The molecular weight excluding hydrogens is 593 g/mol. The van der Waals surface area contributed by atoms with Crippen molar-refractivity contribution in [2.75, 3.05) is 0 Å². The summed E-state index contributed by atoms with van der Waals surface area (Å²) < 4.78 is 3.52. The second kappa shape index (κ2) is 12.1. The first-order chi connectivity index (χ1) is 23.2. The quantitative estimate of drug-likeness (QED) is 0.166. The molecule has 8 rings (SSSR count). The van der Waals surface area contributed by atoms with Crippen LogP contribution in [0.1, 0.15) is 12.5 Å². The highest BCUT2D eigenvalue weighted by Gasteiger charge is 2.17. The Morgan fingerprint density at radius 3 is 2.02 bits per heavy atom. The van der Waals surface area contributed by atoms with Gasteiger partial charge in [-0.05, 0) is 59.8 Å². The van der Waals surface area contributed by atoms with Crippen molar-refractivity contribution >= 4 is 48.8 Å². The predicted molar refractivity (Wildman–Crippen MR) is 199 cm³/mol. The van der Waals surface area contributed by atoms with Crippen molar-refractivity contribution in [3.63, 3.8) is 0 Å². The fourth-order valence-electron chi connectivity index (χ4n) is 6.11. The first-order valence-corrected chi connectivity index (χ1v) is 16.4. The summed E-state index contributed by atoms with van der Waals surface area (Å²) in [6.45, 7) is 6.01. The topological polar surface area (TPSA) is 43.6 Å². The Kier molecular flexibility index (Phi) is 7.36. The van der Waals surface area contributed by atoms with Gasteiger partial charge in [-0.15, -0.1) is 11.3 Å². The standard InChI is InChI=1S/C42H30N4S/c1-3-5-13-28(4-2)29-22-24-30(25-23-29)40-43-41(45-42(44-40)39-27-31-14-6-11-21-38(31)47-39)32-15-12-16-33(26-32)46-36-19-9-7-17-34(36)35-18-8-10-20-37(35)46/h3-27H,2H2,1H3/b5-3-,28-13+. The van der Waals surface area contributed by atoms with Gasteiger partial charge in [-0.3, -0.25) is 0 Å². The zero-order valence-corrected chi connectivity index (χ0v) is 26.7. The van der Waals surface area contributed by atoms with Gasteiger partial charge < -0.3 is 4.57 Å². The number of thiophene rings is 1. The number of allylic oxidation sites excluding steroid dienone is 5. The highest BCUT2D eigenvalue weighted by molar-refractivity contribution is 7.22. The normalized spacial score (nSPS) is 12.1. The Morgan fingerprint density at radius 2 is 1.32 bits per heavy atom. The summed E-state index contributed by atoms with van der Waals surface area (Å²) in [5, 5.41) is 3.64. The lowest BCUT2D eigenvalue weighted by Gasteiger charge is -2.11. The van der Waals surface area contributed by atoms with Crippen LogP contribution in [0.3, 0.4) is 0 Å². The van der Waals surface area contributed by atoms with E-state index in [4.69, 9.17) is 15.0 Å². The highest BCUT2D eigenvalue weighted by Crippen LogP contribution is 2.35. The van der Waals surface area contributed by atoms with E-state index >= 15 is 0 Å². The van der Waals surface area contributed by atoms with Crippen molar-refractivity contribution in [1.82, 2.24) is 19.5 Å². The largest absolute Gasteiger partial charge is 0.309 e. The molecule has 5 heteroatoms. The van der Waals surface area contributed by atoms with Gasteiger partial charge in [-0.2, -0.15) is 0 Å². The number of hydrogen-bond donors (Lipinski definition) is 0. The molecule has 0 spiro atoms. The average Bonchev–Trinajstić information content (AvgIpc) is 3.72. The fraction of sp³-hybridized carbons (Fsp3) is 0.0238. The van der Waals surface area contributed by atoms with Crippen LogP contribution in [0.25, 0.3) is 76.6 Å². The lowest BCUT2D eigenvalue weighted by atomic mass is 10.0. The summed E-state index contributed by atoms with van der Waals surface area (Å²) in [4.78, 5) is 16.2. The van der Waals surface area contributed by atoms with Gasteiger partial charge >= 0.3 is 0 Å². The molecule has 0 N–H and O–H groups in total. The van der Waals surface area contributed by atoms with Crippen LogP contribution in [0.5, 0.6) is 0 Å². The van der Waals surface area contributed by atoms with Gasteiger partial charge in [0, 0.05) is 32.3 Å². The minimum absolute atomic E-state index is 0.633. The third kappa shape index (κ3) is 5.27. The van der Waals surface area contributed by atoms with E-state index in [0.29, 0.717) is 17.5 Å². The van der Waals surface area contributed by atoms with Crippen LogP contribution >= 0.6 is 11.3 Å². The lowest BCUT2D eigenvalue weighted by Crippen LogP contribution is -2.00. The molecule has 0 aliphatic rings. The molecule has 0 bridgehead atoms. The lowest BCUT2D eigenvalue weighted by molar-refractivity contribution is 1.08. The van der Waals surface area contributed by atoms with Gasteiger partial charge in [0.15, 0.2) is 17.5 Å². The molecule has 0 amide bonds. The van der Waals surface area contributed by atoms with Crippen LogP contribution in [0.15, 0.2) is 158 Å². The predicted octanol–water partition coefficient (Wildman–Crippen LogP) is 11.3. The molecule has 0 saturated carbocycles. The van der Waals surface area contributed by atoms with Crippen LogP contribution in [-0.4, -0.2) is 19.5 Å². The zero-order valence-electron chi connectivity index (χ0n) is 25.8. The Morgan fingerprint density at radius 1 is 0.660 bits per heavy atom. The fourth-order valence-corrected chi connectivity index (χ4v) is 7.11. The summed E-state index contributed by atoms with van der Waals surface area (Å²) >= 11 is 1.70. The van der Waals surface area contributed by atoms with Gasteiger partial charge in [0.25, 0.3) is 0 Å². The minimum atomic E-state index is 0.633. The average molecular weight is 623 g/mol. The number of fused-ring (bicyclic) bond motifs is 4. The van der Waals surface area contributed by atoms with Crippen molar-refractivity contribution < 1.29 is 0 Å². The van der Waals surface area contributed by atoms with Crippen LogP contribution in [0.2, 0.25) is 0 Å². The van der Waals surface area contributed by atoms with Crippen LogP contribution in [-0.2, 0) is 0 Å². The van der Waals surface area contributed by atoms with E-state index in [1.807, 2.05) is 25.2 Å². The maximum atomic E-state index is 5.08. The molecule has 0 fully saturated rings. The molecule has 3 heterocycles. The van der Waals surface area contributed by atoms with E-state index in [-0.39, 0.29) is 0 Å². The van der Waals surface area contributed by atoms with Crippen LogP contribution in [0, 0.1) is 0 Å². The van der Waals surface area contributed by atoms with Gasteiger partial charge in [0.1, 0.15) is 0 Å². The molecule has 0 aliphatic carbocycles. The van der Waals surface area contributed by atoms with E-state index in [9.17, 15) is 0 Å². The van der Waals surface area contributed by atoms with Gasteiger partial charge in [0.05, 0.1) is 15.9 Å². The maximum Gasteiger partial charge on any atom is 0.174 e. The molecule has 3 aromatic heterocycles. The van der Waals surface area contributed by atoms with Crippen molar-refractivity contribution in [1.29, 1.82) is 0 Å². The smallest absolute Gasteiger partial charge is 0.174 e. The van der Waals surface area contributed by atoms with Crippen molar-refractivity contribution in [3.8, 4) is 39.2 Å². The molecule has 0 aliphatic heterocycles. The highest BCUT2D eigenvalue weighted by atomic mass is 32.1. The number of hydrogen-bond acceptors (Lipinski definition) is 4. The Hall–Kier alpha value is -5.91. The Labute approximate surface area is 277 Å². The third-order valence-corrected chi connectivity index (χ3v) is 9.50. The van der Waals surface area contributed by atoms with E-state index in [1.54, 1.807) is 11.3 Å². The van der Waals surface area contributed by atoms with E-state index in [1.165, 1.54) is 20.9 Å². The molecular formula is C42H30N4S. The number of benzene rings is 5. The Bertz CT molecular complexity index is 2410. The number of rotatable bonds is 7. The summed E-state index contributed by atoms with van der Waals surface area (Å²) in [6.07, 6.45) is 7.97. The monoisotopic (exact) mass is 622 g/mol. The molecule has 5 aromatic carbocycles. The third-order valence-electron chi connectivity index (χ3n) is 8.39. The van der Waals surface area contributed by atoms with Crippen LogP contribution in [0.4, 0.5) is 0 Å². The van der Waals surface area contributed by atoms with Gasteiger partial charge in [0.2, 0.25) is 0 Å². The summed E-state index contributed by atoms with van der Waals surface area (Å²) in [5.41, 5.74) is 7.37. The van der Waals surface area contributed by atoms with E-state index in [2.05, 4.69) is 145 Å². The molecule has 0 unspecified atom stereocenters. The first kappa shape index (κ1) is 28.6. The second-order valence-electron chi connectivity index (χ2n) is 11.3. The van der Waals surface area contributed by atoms with Crippen molar-refractivity contribution in [3.05, 3.63) is 164 Å². The minimum Gasteiger partial charge on any atom is -0.309 e. The number of aromatic nitrogens is 4. The van der Waals surface area contributed by atoms with E-state index in [0.717, 1.165) is 43.9 Å². The van der Waals surface area contributed by atoms with E-state index < -0.39 is 0 Å². The molecule has 47 heavy (non-hydrogen) atoms. The summed E-state index contributed by atoms with van der Waals surface area (Å²) in [7, 11) is 0. The molecule has 0 radical (unpaired) electrons. The second-order valence-corrected chi connectivity index (χ2v) is 12.4. The number of nitrogens with zero attached hydrogens (tertiary/aromatic N) is 4. The van der Waals surface area contributed by atoms with Gasteiger partial charge in [-0.1, -0.05) is 122 Å². The van der Waals surface area contributed by atoms with Crippen molar-refractivity contribution in [2.24, 2.45) is 0 Å². The summed E-state index contributed by atoms with van der Waals surface area (Å²) in [6, 6.07) is 44.5.